The van der Waals surface area contributed by atoms with Crippen molar-refractivity contribution in [1.29, 1.82) is 0 Å². The molecule has 0 aliphatic heterocycles. The van der Waals surface area contributed by atoms with Crippen molar-refractivity contribution in [1.82, 2.24) is 14.9 Å². The van der Waals surface area contributed by atoms with Crippen LogP contribution in [-0.2, 0) is 4.79 Å². The first-order valence-electron chi connectivity index (χ1n) is 8.15. The van der Waals surface area contributed by atoms with Crippen molar-refractivity contribution in [3.63, 3.8) is 0 Å². The molecule has 0 fully saturated rings. The van der Waals surface area contributed by atoms with Gasteiger partial charge in [-0.25, -0.2) is 4.98 Å². The fraction of sp³-hybridized carbons (Fsp3) is 0.444. The first kappa shape index (κ1) is 23.4. The van der Waals surface area contributed by atoms with E-state index in [9.17, 15) is 4.79 Å². The molecular weight excluding hydrogens is 359 g/mol. The Labute approximate surface area is 162 Å². The number of nitrogens with one attached hydrogen (secondary N) is 1. The molecule has 2 rings (SSSR count). The summed E-state index contributed by atoms with van der Waals surface area (Å²) in [6.07, 6.45) is 6.89. The van der Waals surface area contributed by atoms with Gasteiger partial charge in [-0.2, -0.15) is 0 Å². The molecule has 3 N–H and O–H groups in total. The van der Waals surface area contributed by atoms with Crippen molar-refractivity contribution in [2.24, 2.45) is 11.1 Å². The maximum Gasteiger partial charge on any atom is 0.227 e. The number of nitrogens with two attached hydrogens (primary N) is 1. The van der Waals surface area contributed by atoms with Crippen LogP contribution < -0.4 is 11.1 Å². The summed E-state index contributed by atoms with van der Waals surface area (Å²) in [4.78, 5) is 16.7. The van der Waals surface area contributed by atoms with Crippen LogP contribution in [0.15, 0.2) is 43.0 Å². The molecule has 2 aromatic rings. The largest absolute Gasteiger partial charge is 0.349 e. The zero-order valence-corrected chi connectivity index (χ0v) is 16.6. The Morgan fingerprint density at radius 2 is 2.00 bits per heavy atom. The number of aromatic nitrogens is 2. The van der Waals surface area contributed by atoms with E-state index >= 15 is 0 Å². The van der Waals surface area contributed by atoms with Crippen LogP contribution in [0.4, 0.5) is 0 Å². The van der Waals surface area contributed by atoms with Crippen LogP contribution in [0.5, 0.6) is 0 Å². The molecule has 1 atom stereocenters. The Bertz CT molecular complexity index is 634. The first-order chi connectivity index (χ1) is 11.1. The van der Waals surface area contributed by atoms with Crippen molar-refractivity contribution >= 4 is 30.7 Å². The minimum absolute atomic E-state index is 0. The van der Waals surface area contributed by atoms with E-state index in [0.717, 1.165) is 24.1 Å². The van der Waals surface area contributed by atoms with E-state index in [1.54, 1.807) is 12.5 Å². The summed E-state index contributed by atoms with van der Waals surface area (Å²) in [5.74, 6) is 0.0329. The zero-order valence-electron chi connectivity index (χ0n) is 14.9. The Morgan fingerprint density at radius 1 is 1.32 bits per heavy atom. The molecule has 7 heteroatoms. The van der Waals surface area contributed by atoms with Crippen LogP contribution >= 0.6 is 24.8 Å². The Hall–Kier alpha value is -1.56. The molecule has 0 aliphatic rings. The van der Waals surface area contributed by atoms with Gasteiger partial charge in [-0.05, 0) is 37.5 Å². The number of benzene rings is 1. The number of hydrogen-bond donors (Lipinski definition) is 2. The highest BCUT2D eigenvalue weighted by Crippen LogP contribution is 2.27. The van der Waals surface area contributed by atoms with Gasteiger partial charge in [0.15, 0.2) is 0 Å². The SMILES string of the molecule is CCC(CC)(CN)C(=O)NC(C)c1cccc(-n2ccnc2)c1.Cl.Cl. The fourth-order valence-corrected chi connectivity index (χ4v) is 2.75. The van der Waals surface area contributed by atoms with Gasteiger partial charge in [0.05, 0.1) is 17.8 Å². The smallest absolute Gasteiger partial charge is 0.227 e. The maximum absolute atomic E-state index is 12.6. The third kappa shape index (κ3) is 5.21. The Kier molecular flexibility index (Phi) is 9.78. The lowest BCUT2D eigenvalue weighted by Gasteiger charge is -2.30. The molecule has 1 amide bonds. The number of hydrogen-bond acceptors (Lipinski definition) is 3. The molecule has 1 aromatic carbocycles. The summed E-state index contributed by atoms with van der Waals surface area (Å²) >= 11 is 0. The third-order valence-electron chi connectivity index (χ3n) is 4.75. The minimum Gasteiger partial charge on any atom is -0.349 e. The molecule has 1 unspecified atom stereocenters. The second-order valence-electron chi connectivity index (χ2n) is 5.95. The summed E-state index contributed by atoms with van der Waals surface area (Å²) in [6.45, 7) is 6.39. The van der Waals surface area contributed by atoms with Gasteiger partial charge in [-0.3, -0.25) is 4.79 Å². The van der Waals surface area contributed by atoms with E-state index in [2.05, 4.69) is 16.4 Å². The molecular formula is C18H28Cl2N4O. The maximum atomic E-state index is 12.6. The number of rotatable bonds is 7. The number of carbonyl (C=O) groups excluding carboxylic acids is 1. The molecule has 1 heterocycles. The second kappa shape index (κ2) is 10.4. The molecule has 25 heavy (non-hydrogen) atoms. The molecule has 1 aromatic heterocycles. The Balaban J connectivity index is 0.00000288. The predicted octanol–water partition coefficient (Wildman–Crippen LogP) is 3.66. The standard InChI is InChI=1S/C18H26N4O.2ClH/c1-4-18(5-2,12-19)17(23)21-14(3)15-7-6-8-16(11-15)22-10-9-20-13-22;;/h6-11,13-14H,4-5,12,19H2,1-3H3,(H,21,23);2*1H. The summed E-state index contributed by atoms with van der Waals surface area (Å²) in [5.41, 5.74) is 7.47. The van der Waals surface area contributed by atoms with Crippen LogP contribution in [0, 0.1) is 5.41 Å². The predicted molar refractivity (Wildman–Crippen MR) is 107 cm³/mol. The van der Waals surface area contributed by atoms with Gasteiger partial charge in [0.1, 0.15) is 0 Å². The van der Waals surface area contributed by atoms with E-state index in [4.69, 9.17) is 5.73 Å². The van der Waals surface area contributed by atoms with Crippen LogP contribution in [0.2, 0.25) is 0 Å². The lowest BCUT2D eigenvalue weighted by atomic mass is 9.81. The summed E-state index contributed by atoms with van der Waals surface area (Å²) in [5, 5.41) is 3.12. The number of imidazole rings is 1. The minimum atomic E-state index is -0.476. The highest BCUT2D eigenvalue weighted by Gasteiger charge is 2.34. The van der Waals surface area contributed by atoms with Gasteiger partial charge in [-0.1, -0.05) is 26.0 Å². The topological polar surface area (TPSA) is 72.9 Å². The van der Waals surface area contributed by atoms with Crippen molar-refractivity contribution in [3.8, 4) is 5.69 Å². The van der Waals surface area contributed by atoms with E-state index in [-0.39, 0.29) is 36.8 Å². The normalized spacial score (nSPS) is 11.8. The van der Waals surface area contributed by atoms with Crippen molar-refractivity contribution in [2.45, 2.75) is 39.7 Å². The van der Waals surface area contributed by atoms with Crippen LogP contribution in [0.3, 0.4) is 0 Å². The molecule has 0 aliphatic carbocycles. The summed E-state index contributed by atoms with van der Waals surface area (Å²) in [6, 6.07) is 8.02. The van der Waals surface area contributed by atoms with E-state index in [0.29, 0.717) is 6.54 Å². The van der Waals surface area contributed by atoms with Gasteiger partial charge in [0.25, 0.3) is 0 Å². The number of amides is 1. The lowest BCUT2D eigenvalue weighted by Crippen LogP contribution is -2.46. The van der Waals surface area contributed by atoms with E-state index < -0.39 is 5.41 Å². The molecule has 0 bridgehead atoms. The quantitative estimate of drug-likeness (QED) is 0.762. The fourth-order valence-electron chi connectivity index (χ4n) is 2.75. The van der Waals surface area contributed by atoms with E-state index in [1.807, 2.05) is 49.7 Å². The Morgan fingerprint density at radius 3 is 2.52 bits per heavy atom. The van der Waals surface area contributed by atoms with Crippen molar-refractivity contribution in [3.05, 3.63) is 48.5 Å². The van der Waals surface area contributed by atoms with Crippen LogP contribution in [0.1, 0.15) is 45.2 Å². The average Bonchev–Trinajstić information content (AvgIpc) is 3.11. The van der Waals surface area contributed by atoms with Gasteiger partial charge >= 0.3 is 0 Å². The lowest BCUT2D eigenvalue weighted by molar-refractivity contribution is -0.131. The molecule has 0 radical (unpaired) electrons. The highest BCUT2D eigenvalue weighted by atomic mass is 35.5. The zero-order chi connectivity index (χ0) is 16.9. The van der Waals surface area contributed by atoms with Crippen molar-refractivity contribution < 1.29 is 4.79 Å². The average molecular weight is 387 g/mol. The third-order valence-corrected chi connectivity index (χ3v) is 4.75. The second-order valence-corrected chi connectivity index (χ2v) is 5.95. The van der Waals surface area contributed by atoms with E-state index in [1.165, 1.54) is 0 Å². The number of nitrogens with zero attached hydrogens (tertiary/aromatic N) is 2. The molecule has 0 spiro atoms. The number of halogens is 2. The molecule has 5 nitrogen and oxygen atoms in total. The summed E-state index contributed by atoms with van der Waals surface area (Å²) in [7, 11) is 0. The molecule has 0 saturated carbocycles. The van der Waals surface area contributed by atoms with Gasteiger partial charge < -0.3 is 15.6 Å². The van der Waals surface area contributed by atoms with Crippen molar-refractivity contribution in [2.75, 3.05) is 6.54 Å². The van der Waals surface area contributed by atoms with Gasteiger partial charge in [0.2, 0.25) is 5.91 Å². The van der Waals surface area contributed by atoms with Crippen LogP contribution in [0.25, 0.3) is 5.69 Å². The molecule has 0 saturated heterocycles. The van der Waals surface area contributed by atoms with Gasteiger partial charge in [0, 0.05) is 24.6 Å². The monoisotopic (exact) mass is 386 g/mol. The van der Waals surface area contributed by atoms with Gasteiger partial charge in [-0.15, -0.1) is 24.8 Å². The summed E-state index contributed by atoms with van der Waals surface area (Å²) < 4.78 is 1.94. The number of carbonyl (C=O) groups is 1. The van der Waals surface area contributed by atoms with Crippen LogP contribution in [-0.4, -0.2) is 22.0 Å². The highest BCUT2D eigenvalue weighted by molar-refractivity contribution is 5.85. The first-order valence-corrected chi connectivity index (χ1v) is 8.15. The molecule has 140 valence electrons.